The Hall–Kier alpha value is -2.50. The lowest BCUT2D eigenvalue weighted by Gasteiger charge is -2.29. The molecule has 0 bridgehead atoms. The fourth-order valence-corrected chi connectivity index (χ4v) is 2.54. The van der Waals surface area contributed by atoms with E-state index in [1.165, 1.54) is 12.4 Å². The Kier molecular flexibility index (Phi) is 4.74. The number of rotatable bonds is 4. The topological polar surface area (TPSA) is 120 Å². The van der Waals surface area contributed by atoms with Crippen LogP contribution in [0.4, 0.5) is 5.95 Å². The average Bonchev–Trinajstić information content (AvgIpc) is 2.63. The van der Waals surface area contributed by atoms with Crippen molar-refractivity contribution in [1.82, 2.24) is 19.9 Å². The van der Waals surface area contributed by atoms with Crippen LogP contribution in [0.1, 0.15) is 12.8 Å². The molecule has 0 aliphatic carbocycles. The average molecular weight is 347 g/mol. The van der Waals surface area contributed by atoms with E-state index in [1.54, 1.807) is 6.07 Å². The van der Waals surface area contributed by atoms with Crippen LogP contribution < -0.4 is 10.5 Å². The van der Waals surface area contributed by atoms with Gasteiger partial charge in [0, 0.05) is 19.4 Å². The molecule has 1 fully saturated rings. The molecular weight excluding hydrogens is 332 g/mol. The van der Waals surface area contributed by atoms with Gasteiger partial charge in [-0.2, -0.15) is 10.2 Å². The Bertz CT molecular complexity index is 773. The quantitative estimate of drug-likeness (QED) is 0.890. The van der Waals surface area contributed by atoms with Gasteiger partial charge in [0.25, 0.3) is 0 Å². The number of anilines is 1. The van der Waals surface area contributed by atoms with Crippen molar-refractivity contribution in [1.29, 1.82) is 5.26 Å². The summed E-state index contributed by atoms with van der Waals surface area (Å²) in [5.41, 5.74) is 5.89. The number of nitriles is 1. The van der Waals surface area contributed by atoms with Crippen molar-refractivity contribution < 1.29 is 9.47 Å². The van der Waals surface area contributed by atoms with Gasteiger partial charge in [-0.15, -0.1) is 0 Å². The van der Waals surface area contributed by atoms with Crippen molar-refractivity contribution in [2.24, 2.45) is 5.41 Å². The van der Waals surface area contributed by atoms with Crippen LogP contribution in [-0.2, 0) is 4.74 Å². The minimum Gasteiger partial charge on any atom is -0.462 e. The van der Waals surface area contributed by atoms with Crippen LogP contribution in [-0.4, -0.2) is 39.8 Å². The van der Waals surface area contributed by atoms with Crippen molar-refractivity contribution in [3.05, 3.63) is 23.5 Å². The summed E-state index contributed by atoms with van der Waals surface area (Å²) >= 11 is 6.09. The maximum atomic E-state index is 9.44. The molecule has 1 aliphatic heterocycles. The number of hydrogen-bond acceptors (Lipinski definition) is 8. The van der Waals surface area contributed by atoms with Gasteiger partial charge >= 0.3 is 6.01 Å². The molecule has 0 aromatic carbocycles. The van der Waals surface area contributed by atoms with Gasteiger partial charge in [-0.3, -0.25) is 0 Å². The van der Waals surface area contributed by atoms with Gasteiger partial charge in [0.05, 0.1) is 28.4 Å². The van der Waals surface area contributed by atoms with Crippen LogP contribution in [0.5, 0.6) is 6.01 Å². The monoisotopic (exact) mass is 346 g/mol. The molecule has 1 aliphatic rings. The van der Waals surface area contributed by atoms with Gasteiger partial charge in [0.1, 0.15) is 12.3 Å². The molecule has 0 radical (unpaired) electrons. The minimum absolute atomic E-state index is 0.0983. The zero-order valence-electron chi connectivity index (χ0n) is 12.8. The molecule has 8 nitrogen and oxygen atoms in total. The molecule has 2 aromatic heterocycles. The fourth-order valence-electron chi connectivity index (χ4n) is 2.36. The Labute approximate surface area is 143 Å². The standard InChI is InChI=1S/C15H15ClN6O2/c16-10-7-20-13(18)22-12(10)11-1-4-19-14(21-11)24-9-15(8-17)2-5-23-6-3-15/h1,4,7H,2-3,5-6,9H2,(H2,18,20,22). The predicted molar refractivity (Wildman–Crippen MR) is 86.1 cm³/mol. The molecule has 24 heavy (non-hydrogen) atoms. The molecule has 3 rings (SSSR count). The first-order valence-electron chi connectivity index (χ1n) is 7.35. The zero-order valence-corrected chi connectivity index (χ0v) is 13.5. The van der Waals surface area contributed by atoms with E-state index in [0.29, 0.717) is 42.5 Å². The van der Waals surface area contributed by atoms with Crippen molar-refractivity contribution >= 4 is 17.5 Å². The molecular formula is C15H15ClN6O2. The highest BCUT2D eigenvalue weighted by molar-refractivity contribution is 6.32. The summed E-state index contributed by atoms with van der Waals surface area (Å²) < 4.78 is 11.0. The smallest absolute Gasteiger partial charge is 0.316 e. The van der Waals surface area contributed by atoms with Crippen LogP contribution in [0, 0.1) is 16.7 Å². The first-order chi connectivity index (χ1) is 11.6. The normalized spacial score (nSPS) is 16.3. The van der Waals surface area contributed by atoms with E-state index in [-0.39, 0.29) is 18.6 Å². The summed E-state index contributed by atoms with van der Waals surface area (Å²) in [5, 5.41) is 9.77. The Morgan fingerprint density at radius 1 is 1.33 bits per heavy atom. The molecule has 1 saturated heterocycles. The van der Waals surface area contributed by atoms with Crippen LogP contribution >= 0.6 is 11.6 Å². The van der Waals surface area contributed by atoms with Crippen molar-refractivity contribution in [3.8, 4) is 23.5 Å². The number of ether oxygens (including phenoxy) is 2. The van der Waals surface area contributed by atoms with Gasteiger partial charge in [-0.25, -0.2) is 15.0 Å². The number of nitrogen functional groups attached to an aromatic ring is 1. The number of hydrogen-bond donors (Lipinski definition) is 1. The molecule has 0 atom stereocenters. The predicted octanol–water partition coefficient (Wildman–Crippen LogP) is 1.87. The van der Waals surface area contributed by atoms with Crippen LogP contribution in [0.2, 0.25) is 5.02 Å². The van der Waals surface area contributed by atoms with Gasteiger partial charge in [0.15, 0.2) is 0 Å². The SMILES string of the molecule is N#CC1(COc2nccc(-c3nc(N)ncc3Cl)n2)CCOCC1. The van der Waals surface area contributed by atoms with Gasteiger partial charge in [-0.05, 0) is 18.9 Å². The highest BCUT2D eigenvalue weighted by atomic mass is 35.5. The molecule has 9 heteroatoms. The van der Waals surface area contributed by atoms with E-state index in [1.807, 2.05) is 0 Å². The minimum atomic E-state index is -0.575. The molecule has 2 N–H and O–H groups in total. The summed E-state index contributed by atoms with van der Waals surface area (Å²) in [7, 11) is 0. The van der Waals surface area contributed by atoms with E-state index in [4.69, 9.17) is 26.8 Å². The van der Waals surface area contributed by atoms with Crippen LogP contribution in [0.15, 0.2) is 18.5 Å². The summed E-state index contributed by atoms with van der Waals surface area (Å²) in [5.74, 6) is 0.0983. The first kappa shape index (κ1) is 16.4. The number of nitrogens with two attached hydrogens (primary N) is 1. The largest absolute Gasteiger partial charge is 0.462 e. The van der Waals surface area contributed by atoms with E-state index < -0.39 is 5.41 Å². The molecule has 0 amide bonds. The number of aromatic nitrogens is 4. The van der Waals surface area contributed by atoms with Crippen molar-refractivity contribution in [2.45, 2.75) is 12.8 Å². The second-order valence-electron chi connectivity index (χ2n) is 5.44. The van der Waals surface area contributed by atoms with Gasteiger partial charge in [0.2, 0.25) is 5.95 Å². The third-order valence-corrected chi connectivity index (χ3v) is 4.08. The van der Waals surface area contributed by atoms with Crippen LogP contribution in [0.25, 0.3) is 11.4 Å². The molecule has 0 saturated carbocycles. The van der Waals surface area contributed by atoms with Gasteiger partial charge < -0.3 is 15.2 Å². The maximum absolute atomic E-state index is 9.44. The van der Waals surface area contributed by atoms with Crippen molar-refractivity contribution in [2.75, 3.05) is 25.6 Å². The molecule has 3 heterocycles. The molecule has 0 unspecified atom stereocenters. The molecule has 124 valence electrons. The highest BCUT2D eigenvalue weighted by Crippen LogP contribution is 2.30. The Morgan fingerprint density at radius 2 is 2.12 bits per heavy atom. The summed E-state index contributed by atoms with van der Waals surface area (Å²) in [6, 6.07) is 4.13. The lowest BCUT2D eigenvalue weighted by atomic mass is 9.83. The van der Waals surface area contributed by atoms with Crippen LogP contribution in [0.3, 0.4) is 0 Å². The number of halogens is 1. The third-order valence-electron chi connectivity index (χ3n) is 3.80. The maximum Gasteiger partial charge on any atom is 0.316 e. The Balaban J connectivity index is 1.78. The van der Waals surface area contributed by atoms with E-state index >= 15 is 0 Å². The highest BCUT2D eigenvalue weighted by Gasteiger charge is 2.34. The lowest BCUT2D eigenvalue weighted by molar-refractivity contribution is 0.0174. The van der Waals surface area contributed by atoms with E-state index in [0.717, 1.165) is 0 Å². The van der Waals surface area contributed by atoms with E-state index in [9.17, 15) is 5.26 Å². The van der Waals surface area contributed by atoms with E-state index in [2.05, 4.69) is 26.0 Å². The van der Waals surface area contributed by atoms with Gasteiger partial charge in [-0.1, -0.05) is 11.6 Å². The Morgan fingerprint density at radius 3 is 2.88 bits per heavy atom. The lowest BCUT2D eigenvalue weighted by Crippen LogP contribution is -2.34. The summed E-state index contributed by atoms with van der Waals surface area (Å²) in [6.07, 6.45) is 4.19. The third kappa shape index (κ3) is 3.53. The number of nitrogens with zero attached hydrogens (tertiary/aromatic N) is 5. The zero-order chi connectivity index (χ0) is 17.0. The fraction of sp³-hybridized carbons (Fsp3) is 0.400. The first-order valence-corrected chi connectivity index (χ1v) is 7.73. The second kappa shape index (κ2) is 6.95. The molecule has 0 spiro atoms. The summed E-state index contributed by atoms with van der Waals surface area (Å²) in [4.78, 5) is 16.3. The second-order valence-corrected chi connectivity index (χ2v) is 5.85. The molecule has 2 aromatic rings. The van der Waals surface area contributed by atoms with Crippen molar-refractivity contribution in [3.63, 3.8) is 0 Å². The summed E-state index contributed by atoms with van der Waals surface area (Å²) in [6.45, 7) is 1.30.